The second kappa shape index (κ2) is 7.08. The van der Waals surface area contributed by atoms with E-state index in [9.17, 15) is 0 Å². The molecular weight excluding hydrogens is 526 g/mol. The van der Waals surface area contributed by atoms with Gasteiger partial charge in [-0.15, -0.1) is 0 Å². The van der Waals surface area contributed by atoms with Crippen LogP contribution in [0.25, 0.3) is 12.2 Å². The Morgan fingerprint density at radius 3 is 1.46 bits per heavy atom. The average Bonchev–Trinajstić information content (AvgIpc) is 3.12. The minimum absolute atomic E-state index is 0. The van der Waals surface area contributed by atoms with Crippen molar-refractivity contribution in [2.45, 2.75) is 41.5 Å². The van der Waals surface area contributed by atoms with Gasteiger partial charge in [0.15, 0.2) is 0 Å². The Hall–Kier alpha value is -0.630. The van der Waals surface area contributed by atoms with Gasteiger partial charge in [0.2, 0.25) is 0 Å². The van der Waals surface area contributed by atoms with Crippen molar-refractivity contribution in [3.63, 3.8) is 0 Å². The van der Waals surface area contributed by atoms with Crippen molar-refractivity contribution in [3.8, 4) is 0 Å². The zero-order chi connectivity index (χ0) is 16.6. The van der Waals surface area contributed by atoms with Crippen LogP contribution in [0.5, 0.6) is 0 Å². The van der Waals surface area contributed by atoms with E-state index in [0.717, 1.165) is 7.35 Å². The normalized spacial score (nSPS) is 20.8. The third kappa shape index (κ3) is 2.74. The van der Waals surface area contributed by atoms with Crippen molar-refractivity contribution in [3.05, 3.63) is 79.9 Å². The molecular formula is C23H22Cl2Hf. The molecule has 2 aromatic rings. The van der Waals surface area contributed by atoms with Gasteiger partial charge in [-0.3, -0.25) is 0 Å². The van der Waals surface area contributed by atoms with Gasteiger partial charge in [-0.25, -0.2) is 0 Å². The Balaban J connectivity index is 0.000000980. The average molecular weight is 548 g/mol. The second-order valence-electron chi connectivity index (χ2n) is 7.70. The second-order valence-corrected chi connectivity index (χ2v) is 13.0. The topological polar surface area (TPSA) is 0 Å². The number of rotatable bonds is 0. The fourth-order valence-corrected chi connectivity index (χ4v) is 12.9. The van der Waals surface area contributed by atoms with Gasteiger partial charge in [0, 0.05) is 0 Å². The van der Waals surface area contributed by atoms with Gasteiger partial charge >= 0.3 is 156 Å². The fraction of sp³-hybridized carbons (Fsp3) is 0.304. The van der Waals surface area contributed by atoms with Crippen molar-refractivity contribution in [1.82, 2.24) is 0 Å². The van der Waals surface area contributed by atoms with E-state index in [1.807, 2.05) is 0 Å². The van der Waals surface area contributed by atoms with Crippen LogP contribution in [0.1, 0.15) is 58.3 Å². The molecule has 132 valence electrons. The summed E-state index contributed by atoms with van der Waals surface area (Å²) in [6.07, 6.45) is 6.31. The summed E-state index contributed by atoms with van der Waals surface area (Å²) >= 11 is -0.870. The molecule has 3 aliphatic rings. The standard InChI is InChI=1S/C23H22.2ClH.Hf/c1-14-5-6-15(2)21-11-18(10-20(14)21)9-19-12-22-16(3)7-8-17(4)23(22)13-19;;;/h5-8,10-13H,9H2,1-4H3;2*1H;/q;;;+2/p-2. The molecule has 0 aromatic heterocycles. The molecule has 0 radical (unpaired) electrons. The van der Waals surface area contributed by atoms with Crippen LogP contribution in [0.4, 0.5) is 0 Å². The third-order valence-corrected chi connectivity index (χ3v) is 13.3. The summed E-state index contributed by atoms with van der Waals surface area (Å²) < 4.78 is 1.65. The smallest absolute Gasteiger partial charge is 1.00 e. The number of aryl methyl sites for hydroxylation is 4. The number of benzene rings is 2. The minimum atomic E-state index is -0.870. The first-order chi connectivity index (χ1) is 11.5. The molecule has 0 amide bonds. The Morgan fingerprint density at radius 1 is 0.654 bits per heavy atom. The van der Waals surface area contributed by atoms with Crippen LogP contribution in [0.15, 0.2) is 35.4 Å². The molecule has 0 nitrogen and oxygen atoms in total. The van der Waals surface area contributed by atoms with E-state index in [2.05, 4.69) is 64.1 Å². The number of halogens is 2. The summed E-state index contributed by atoms with van der Waals surface area (Å²) in [5.74, 6) is 0. The van der Waals surface area contributed by atoms with Gasteiger partial charge in [-0.2, -0.15) is 0 Å². The van der Waals surface area contributed by atoms with E-state index >= 15 is 0 Å². The van der Waals surface area contributed by atoms with Gasteiger partial charge in [0.05, 0.1) is 0 Å². The van der Waals surface area contributed by atoms with Crippen molar-refractivity contribution in [2.24, 2.45) is 0 Å². The minimum Gasteiger partial charge on any atom is -1.00 e. The molecule has 2 aliphatic carbocycles. The van der Waals surface area contributed by atoms with Gasteiger partial charge in [-0.05, 0) is 0 Å². The van der Waals surface area contributed by atoms with E-state index in [1.54, 1.807) is 33.4 Å². The predicted molar refractivity (Wildman–Crippen MR) is 97.9 cm³/mol. The predicted octanol–water partition coefficient (Wildman–Crippen LogP) is -0.00912. The van der Waals surface area contributed by atoms with E-state index in [-0.39, 0.29) is 24.8 Å². The van der Waals surface area contributed by atoms with E-state index in [0.29, 0.717) is 0 Å². The summed E-state index contributed by atoms with van der Waals surface area (Å²) in [5.41, 5.74) is 16.0. The van der Waals surface area contributed by atoms with Crippen LogP contribution in [0.3, 0.4) is 0 Å². The molecule has 0 saturated carbocycles. The molecule has 1 fully saturated rings. The Labute approximate surface area is 180 Å². The maximum absolute atomic E-state index is 2.55. The number of hydrogen-bond acceptors (Lipinski definition) is 0. The third-order valence-electron chi connectivity index (χ3n) is 6.17. The summed E-state index contributed by atoms with van der Waals surface area (Å²) in [7, 11) is 0. The molecule has 0 N–H and O–H groups in total. The van der Waals surface area contributed by atoms with E-state index < -0.39 is 22.9 Å². The first-order valence-corrected chi connectivity index (χ1v) is 13.1. The molecule has 2 aromatic carbocycles. The molecule has 1 heterocycles. The monoisotopic (exact) mass is 548 g/mol. The maximum Gasteiger partial charge on any atom is -1.00 e. The molecule has 3 heteroatoms. The molecule has 0 bridgehead atoms. The van der Waals surface area contributed by atoms with Crippen LogP contribution in [-0.4, -0.2) is 0 Å². The zero-order valence-electron chi connectivity index (χ0n) is 15.6. The van der Waals surface area contributed by atoms with Crippen molar-refractivity contribution in [2.75, 3.05) is 0 Å². The first kappa shape index (κ1) is 20.1. The van der Waals surface area contributed by atoms with Gasteiger partial charge in [0.25, 0.3) is 0 Å². The Bertz CT molecular complexity index is 891. The SMILES string of the molecule is Cc1ccc(C)c2c1C=C1CC3=Cc4c(C)ccc(C)c4[CH]3[Hf+2][CH]12.[Cl-].[Cl-]. The molecule has 2 atom stereocenters. The number of allylic oxidation sites excluding steroid dienone is 2. The van der Waals surface area contributed by atoms with E-state index in [1.165, 1.54) is 28.7 Å². The molecule has 0 spiro atoms. The van der Waals surface area contributed by atoms with Crippen LogP contribution in [0, 0.1) is 27.7 Å². The number of hydrogen-bond donors (Lipinski definition) is 0. The van der Waals surface area contributed by atoms with Gasteiger partial charge in [0.1, 0.15) is 0 Å². The zero-order valence-corrected chi connectivity index (χ0v) is 20.7. The van der Waals surface area contributed by atoms with Crippen LogP contribution >= 0.6 is 0 Å². The van der Waals surface area contributed by atoms with Crippen LogP contribution in [-0.2, 0) is 22.9 Å². The molecule has 1 saturated heterocycles. The Morgan fingerprint density at radius 2 is 1.04 bits per heavy atom. The quantitative estimate of drug-likeness (QED) is 0.407. The first-order valence-electron chi connectivity index (χ1n) is 8.92. The van der Waals surface area contributed by atoms with Crippen molar-refractivity contribution < 1.29 is 47.7 Å². The van der Waals surface area contributed by atoms with Gasteiger partial charge in [-0.1, -0.05) is 0 Å². The summed E-state index contributed by atoms with van der Waals surface area (Å²) in [6, 6.07) is 9.30. The largest absolute Gasteiger partial charge is 1.00 e. The van der Waals surface area contributed by atoms with Crippen LogP contribution < -0.4 is 24.8 Å². The molecule has 2 unspecified atom stereocenters. The van der Waals surface area contributed by atoms with E-state index in [4.69, 9.17) is 0 Å². The number of fused-ring (bicyclic) bond motifs is 6. The summed E-state index contributed by atoms with van der Waals surface area (Å²) in [4.78, 5) is 0. The van der Waals surface area contributed by atoms with Gasteiger partial charge < -0.3 is 24.8 Å². The molecule has 5 rings (SSSR count). The summed E-state index contributed by atoms with van der Waals surface area (Å²) in [5, 5.41) is 0. The molecule has 26 heavy (non-hydrogen) atoms. The summed E-state index contributed by atoms with van der Waals surface area (Å²) in [6.45, 7) is 9.20. The fourth-order valence-electron chi connectivity index (χ4n) is 4.86. The molecule has 1 aliphatic heterocycles. The van der Waals surface area contributed by atoms with Crippen LogP contribution in [0.2, 0.25) is 0 Å². The Kier molecular flexibility index (Phi) is 5.47. The van der Waals surface area contributed by atoms with Crippen molar-refractivity contribution in [1.29, 1.82) is 0 Å². The maximum atomic E-state index is 2.55. The van der Waals surface area contributed by atoms with Crippen molar-refractivity contribution >= 4 is 12.2 Å².